The highest BCUT2D eigenvalue weighted by Gasteiger charge is 2.21. The van der Waals surface area contributed by atoms with Crippen LogP contribution in [0.3, 0.4) is 0 Å². The van der Waals surface area contributed by atoms with E-state index in [2.05, 4.69) is 26.6 Å². The smallest absolute Gasteiger partial charge is 0.147 e. The van der Waals surface area contributed by atoms with Gasteiger partial charge in [0.05, 0.1) is 6.54 Å². The third-order valence-electron chi connectivity index (χ3n) is 3.00. The minimum atomic E-state index is 0. The van der Waals surface area contributed by atoms with Gasteiger partial charge in [-0.3, -0.25) is 4.90 Å². The van der Waals surface area contributed by atoms with Gasteiger partial charge in [-0.2, -0.15) is 0 Å². The van der Waals surface area contributed by atoms with Gasteiger partial charge in [0.15, 0.2) is 0 Å². The van der Waals surface area contributed by atoms with E-state index < -0.39 is 0 Å². The van der Waals surface area contributed by atoms with Crippen LogP contribution in [0.15, 0.2) is 0 Å². The van der Waals surface area contributed by atoms with Gasteiger partial charge in [-0.1, -0.05) is 0 Å². The molecule has 0 aromatic carbocycles. The minimum absolute atomic E-state index is 0. The molecule has 16 heavy (non-hydrogen) atoms. The highest BCUT2D eigenvalue weighted by molar-refractivity contribution is 5.85. The molecule has 0 amide bonds. The van der Waals surface area contributed by atoms with E-state index in [0.717, 1.165) is 44.2 Å². The zero-order valence-corrected chi connectivity index (χ0v) is 10.7. The van der Waals surface area contributed by atoms with Crippen molar-refractivity contribution in [3.8, 4) is 0 Å². The van der Waals surface area contributed by atoms with E-state index in [1.807, 2.05) is 6.92 Å². The molecule has 2 N–H and O–H groups in total. The molecule has 0 radical (unpaired) electrons. The van der Waals surface area contributed by atoms with Gasteiger partial charge in [0, 0.05) is 25.7 Å². The molecule has 0 saturated carbocycles. The zero-order chi connectivity index (χ0) is 10.8. The molecule has 1 atom stereocenters. The molecule has 2 heterocycles. The molecule has 0 unspecified atom stereocenters. The van der Waals surface area contributed by atoms with Gasteiger partial charge in [0.1, 0.15) is 11.6 Å². The lowest BCUT2D eigenvalue weighted by Gasteiger charge is -2.14. The van der Waals surface area contributed by atoms with Gasteiger partial charge < -0.3 is 10.3 Å². The summed E-state index contributed by atoms with van der Waals surface area (Å²) in [6.45, 7) is 7.99. The highest BCUT2D eigenvalue weighted by atomic mass is 35.5. The van der Waals surface area contributed by atoms with Crippen LogP contribution in [0.25, 0.3) is 0 Å². The lowest BCUT2D eigenvalue weighted by Crippen LogP contribution is -2.27. The Morgan fingerprint density at radius 1 is 1.44 bits per heavy atom. The summed E-state index contributed by atoms with van der Waals surface area (Å²) < 4.78 is 2.16. The maximum atomic E-state index is 5.87. The van der Waals surface area contributed by atoms with Crippen LogP contribution in [0.2, 0.25) is 0 Å². The molecule has 1 saturated heterocycles. The molecule has 1 fully saturated rings. The molecule has 6 heteroatoms. The van der Waals surface area contributed by atoms with Gasteiger partial charge >= 0.3 is 0 Å². The molecule has 5 nitrogen and oxygen atoms in total. The Morgan fingerprint density at radius 3 is 2.75 bits per heavy atom. The third kappa shape index (κ3) is 2.72. The van der Waals surface area contributed by atoms with Gasteiger partial charge in [0.25, 0.3) is 0 Å². The van der Waals surface area contributed by atoms with E-state index in [1.54, 1.807) is 0 Å². The van der Waals surface area contributed by atoms with Crippen molar-refractivity contribution in [2.45, 2.75) is 39.4 Å². The van der Waals surface area contributed by atoms with E-state index in [0.29, 0.717) is 6.04 Å². The first-order valence-corrected chi connectivity index (χ1v) is 5.57. The van der Waals surface area contributed by atoms with Crippen molar-refractivity contribution in [1.82, 2.24) is 19.7 Å². The number of rotatable bonds is 3. The molecular formula is C10H20ClN5. The second-order valence-electron chi connectivity index (χ2n) is 4.19. The second kappa shape index (κ2) is 5.61. The van der Waals surface area contributed by atoms with Crippen LogP contribution in [0.5, 0.6) is 0 Å². The highest BCUT2D eigenvalue weighted by Crippen LogP contribution is 2.11. The summed E-state index contributed by atoms with van der Waals surface area (Å²) in [5.41, 5.74) is 5.87. The Labute approximate surface area is 102 Å². The maximum absolute atomic E-state index is 5.87. The first kappa shape index (κ1) is 13.4. The summed E-state index contributed by atoms with van der Waals surface area (Å²) in [4.78, 5) is 2.35. The average molecular weight is 246 g/mol. The Hall–Kier alpha value is -0.650. The SMILES string of the molecule is CCn1c(C)nnc1CN1CC[C@H](N)C1.Cl. The molecule has 0 bridgehead atoms. The second-order valence-corrected chi connectivity index (χ2v) is 4.19. The van der Waals surface area contributed by atoms with Crippen LogP contribution in [-0.4, -0.2) is 38.8 Å². The molecule has 0 spiro atoms. The van der Waals surface area contributed by atoms with Crippen molar-refractivity contribution in [3.63, 3.8) is 0 Å². The lowest BCUT2D eigenvalue weighted by atomic mass is 10.3. The summed E-state index contributed by atoms with van der Waals surface area (Å²) in [6.07, 6.45) is 1.10. The fourth-order valence-corrected chi connectivity index (χ4v) is 2.16. The van der Waals surface area contributed by atoms with Gasteiger partial charge in [0.2, 0.25) is 0 Å². The number of nitrogens with two attached hydrogens (primary N) is 1. The first-order chi connectivity index (χ1) is 7.20. The molecule has 0 aliphatic carbocycles. The number of aryl methyl sites for hydroxylation is 1. The molecule has 1 aliphatic rings. The Morgan fingerprint density at radius 2 is 2.19 bits per heavy atom. The van der Waals surface area contributed by atoms with Crippen LogP contribution in [0.4, 0.5) is 0 Å². The standard InChI is InChI=1S/C10H19N5.ClH/c1-3-15-8(2)12-13-10(15)7-14-5-4-9(11)6-14;/h9H,3-7,11H2,1-2H3;1H/t9-;/m0./s1. The lowest BCUT2D eigenvalue weighted by molar-refractivity contribution is 0.312. The maximum Gasteiger partial charge on any atom is 0.147 e. The number of hydrogen-bond acceptors (Lipinski definition) is 4. The van der Waals surface area contributed by atoms with Crippen molar-refractivity contribution in [2.24, 2.45) is 5.73 Å². The monoisotopic (exact) mass is 245 g/mol. The van der Waals surface area contributed by atoms with Crippen LogP contribution in [-0.2, 0) is 13.1 Å². The summed E-state index contributed by atoms with van der Waals surface area (Å²) in [5.74, 6) is 2.06. The molecular weight excluding hydrogens is 226 g/mol. The van der Waals surface area contributed by atoms with Crippen LogP contribution >= 0.6 is 12.4 Å². The minimum Gasteiger partial charge on any atom is -0.326 e. The molecule has 1 aromatic heterocycles. The van der Waals surface area contributed by atoms with Gasteiger partial charge in [-0.15, -0.1) is 22.6 Å². The van der Waals surface area contributed by atoms with Gasteiger partial charge in [-0.05, 0) is 20.3 Å². The van der Waals surface area contributed by atoms with Gasteiger partial charge in [-0.25, -0.2) is 0 Å². The molecule has 2 rings (SSSR count). The third-order valence-corrected chi connectivity index (χ3v) is 3.00. The van der Waals surface area contributed by atoms with E-state index in [4.69, 9.17) is 5.73 Å². The van der Waals surface area contributed by atoms with E-state index >= 15 is 0 Å². The average Bonchev–Trinajstić information content (AvgIpc) is 2.75. The molecule has 92 valence electrons. The Kier molecular flexibility index (Phi) is 4.70. The quantitative estimate of drug-likeness (QED) is 0.846. The van der Waals surface area contributed by atoms with Crippen molar-refractivity contribution in [1.29, 1.82) is 0 Å². The summed E-state index contributed by atoms with van der Waals surface area (Å²) in [6, 6.07) is 0.337. The predicted octanol–water partition coefficient (Wildman–Crippen LogP) is 0.561. The fourth-order valence-electron chi connectivity index (χ4n) is 2.16. The summed E-state index contributed by atoms with van der Waals surface area (Å²) in [5, 5.41) is 8.31. The molecule has 1 aromatic rings. The largest absolute Gasteiger partial charge is 0.326 e. The van der Waals surface area contributed by atoms with Crippen LogP contribution in [0, 0.1) is 6.92 Å². The van der Waals surface area contributed by atoms with E-state index in [1.165, 1.54) is 0 Å². The van der Waals surface area contributed by atoms with Crippen molar-refractivity contribution in [3.05, 3.63) is 11.6 Å². The van der Waals surface area contributed by atoms with E-state index in [-0.39, 0.29) is 12.4 Å². The number of nitrogens with zero attached hydrogens (tertiary/aromatic N) is 4. The number of halogens is 1. The van der Waals surface area contributed by atoms with Crippen LogP contribution in [0.1, 0.15) is 25.0 Å². The first-order valence-electron chi connectivity index (χ1n) is 5.57. The van der Waals surface area contributed by atoms with Crippen molar-refractivity contribution >= 4 is 12.4 Å². The summed E-state index contributed by atoms with van der Waals surface area (Å²) >= 11 is 0. The molecule has 1 aliphatic heterocycles. The van der Waals surface area contributed by atoms with Crippen LogP contribution < -0.4 is 5.73 Å². The Balaban J connectivity index is 0.00000128. The normalized spacial score (nSPS) is 21.1. The van der Waals surface area contributed by atoms with Crippen molar-refractivity contribution < 1.29 is 0 Å². The zero-order valence-electron chi connectivity index (χ0n) is 9.89. The van der Waals surface area contributed by atoms with Crippen molar-refractivity contribution in [2.75, 3.05) is 13.1 Å². The summed E-state index contributed by atoms with van der Waals surface area (Å²) in [7, 11) is 0. The van der Waals surface area contributed by atoms with E-state index in [9.17, 15) is 0 Å². The fraction of sp³-hybridized carbons (Fsp3) is 0.800. The predicted molar refractivity (Wildman–Crippen MR) is 65.6 cm³/mol. The number of aromatic nitrogens is 3. The number of hydrogen-bond donors (Lipinski definition) is 1. The Bertz CT molecular complexity index is 338. The number of likely N-dealkylation sites (tertiary alicyclic amines) is 1. The topological polar surface area (TPSA) is 60.0 Å².